The highest BCUT2D eigenvalue weighted by Gasteiger charge is 2.23. The van der Waals surface area contributed by atoms with Crippen LogP contribution in [0.3, 0.4) is 0 Å². The molecule has 0 aliphatic rings. The predicted octanol–water partition coefficient (Wildman–Crippen LogP) is 2.85. The van der Waals surface area contributed by atoms with Crippen molar-refractivity contribution in [2.45, 2.75) is 19.4 Å². The minimum absolute atomic E-state index is 0.0505. The molecule has 6 heteroatoms. The predicted molar refractivity (Wildman–Crippen MR) is 75.1 cm³/mol. The summed E-state index contributed by atoms with van der Waals surface area (Å²) in [5, 5.41) is 10.9. The average Bonchev–Trinajstić information content (AvgIpc) is 2.50. The van der Waals surface area contributed by atoms with Crippen LogP contribution in [0.15, 0.2) is 30.3 Å². The van der Waals surface area contributed by atoms with Crippen molar-refractivity contribution in [1.29, 1.82) is 0 Å². The third-order valence-electron chi connectivity index (χ3n) is 3.05. The molecular weight excluding hydrogens is 276 g/mol. The zero-order valence-corrected chi connectivity index (χ0v) is 11.9. The molecule has 2 rings (SSSR count). The molecule has 1 unspecified atom stereocenters. The Morgan fingerprint density at radius 3 is 2.38 bits per heavy atom. The van der Waals surface area contributed by atoms with E-state index in [1.54, 1.807) is 12.1 Å². The van der Waals surface area contributed by atoms with Crippen molar-refractivity contribution in [3.8, 4) is 5.88 Å². The van der Waals surface area contributed by atoms with Gasteiger partial charge in [-0.15, -0.1) is 10.2 Å². The molecule has 1 aromatic carbocycles. The summed E-state index contributed by atoms with van der Waals surface area (Å²) in [6.45, 7) is 2.58. The molecule has 0 aliphatic carbocycles. The van der Waals surface area contributed by atoms with Crippen LogP contribution in [-0.2, 0) is 0 Å². The smallest absolute Gasteiger partial charge is 0.233 e. The van der Waals surface area contributed by atoms with Gasteiger partial charge in [0.1, 0.15) is 11.6 Å². The summed E-state index contributed by atoms with van der Waals surface area (Å²) in [4.78, 5) is 0. The Morgan fingerprint density at radius 2 is 1.86 bits per heavy atom. The van der Waals surface area contributed by atoms with Gasteiger partial charge in [0.2, 0.25) is 5.88 Å². The number of benzene rings is 1. The standard InChI is InChI=1S/C15H17F2N3O/c1-3-9-18-15(12-7-8-13(21-2)20-19-12)14-10(16)5-4-6-11(14)17/h4-8,15,18H,3,9H2,1-2H3. The number of nitrogens with one attached hydrogen (secondary N) is 1. The second kappa shape index (κ2) is 7.08. The van der Waals surface area contributed by atoms with Gasteiger partial charge in [0, 0.05) is 11.6 Å². The van der Waals surface area contributed by atoms with Crippen molar-refractivity contribution >= 4 is 0 Å². The van der Waals surface area contributed by atoms with Crippen LogP contribution in [0.1, 0.15) is 30.6 Å². The SMILES string of the molecule is CCCNC(c1ccc(OC)nn1)c1c(F)cccc1F. The number of ether oxygens (including phenoxy) is 1. The minimum Gasteiger partial charge on any atom is -0.480 e. The van der Waals surface area contributed by atoms with Gasteiger partial charge in [-0.1, -0.05) is 13.0 Å². The fourth-order valence-corrected chi connectivity index (χ4v) is 2.02. The van der Waals surface area contributed by atoms with E-state index in [4.69, 9.17) is 4.74 Å². The van der Waals surface area contributed by atoms with Gasteiger partial charge in [-0.3, -0.25) is 0 Å². The molecule has 0 saturated heterocycles. The van der Waals surface area contributed by atoms with E-state index in [1.807, 2.05) is 6.92 Å². The Labute approximate surface area is 122 Å². The summed E-state index contributed by atoms with van der Waals surface area (Å²) >= 11 is 0. The van der Waals surface area contributed by atoms with Gasteiger partial charge in [0.15, 0.2) is 0 Å². The molecular formula is C15H17F2N3O. The molecule has 1 N–H and O–H groups in total. The summed E-state index contributed by atoms with van der Waals surface area (Å²) in [7, 11) is 1.48. The number of hydrogen-bond acceptors (Lipinski definition) is 4. The van der Waals surface area contributed by atoms with Gasteiger partial charge in [-0.2, -0.15) is 0 Å². The molecule has 1 atom stereocenters. The first-order chi connectivity index (χ1) is 10.2. The number of halogens is 2. The third kappa shape index (κ3) is 3.52. The second-order valence-electron chi connectivity index (χ2n) is 4.52. The lowest BCUT2D eigenvalue weighted by Crippen LogP contribution is -2.26. The van der Waals surface area contributed by atoms with E-state index in [2.05, 4.69) is 15.5 Å². The van der Waals surface area contributed by atoms with Gasteiger partial charge in [0.05, 0.1) is 18.8 Å². The van der Waals surface area contributed by atoms with Gasteiger partial charge in [-0.05, 0) is 31.2 Å². The molecule has 0 bridgehead atoms. The highest BCUT2D eigenvalue weighted by molar-refractivity contribution is 5.30. The van der Waals surface area contributed by atoms with Crippen molar-refractivity contribution in [2.75, 3.05) is 13.7 Å². The lowest BCUT2D eigenvalue weighted by Gasteiger charge is -2.19. The van der Waals surface area contributed by atoms with Crippen LogP contribution in [0.5, 0.6) is 5.88 Å². The van der Waals surface area contributed by atoms with Crippen molar-refractivity contribution < 1.29 is 13.5 Å². The molecule has 0 radical (unpaired) electrons. The normalized spacial score (nSPS) is 12.2. The van der Waals surface area contributed by atoms with E-state index in [-0.39, 0.29) is 5.56 Å². The van der Waals surface area contributed by atoms with Crippen LogP contribution in [0, 0.1) is 11.6 Å². The van der Waals surface area contributed by atoms with Crippen molar-refractivity contribution in [3.05, 3.63) is 53.2 Å². The number of aromatic nitrogens is 2. The maximum absolute atomic E-state index is 14.0. The Morgan fingerprint density at radius 1 is 1.14 bits per heavy atom. The van der Waals surface area contributed by atoms with Crippen LogP contribution in [0.4, 0.5) is 8.78 Å². The van der Waals surface area contributed by atoms with Crippen molar-refractivity contribution in [2.24, 2.45) is 0 Å². The molecule has 0 fully saturated rings. The Bertz CT molecular complexity index is 570. The van der Waals surface area contributed by atoms with Crippen LogP contribution < -0.4 is 10.1 Å². The first kappa shape index (κ1) is 15.3. The molecule has 0 saturated carbocycles. The Kier molecular flexibility index (Phi) is 5.16. The fourth-order valence-electron chi connectivity index (χ4n) is 2.02. The second-order valence-corrected chi connectivity index (χ2v) is 4.52. The summed E-state index contributed by atoms with van der Waals surface area (Å²) in [5.41, 5.74) is 0.388. The molecule has 112 valence electrons. The monoisotopic (exact) mass is 293 g/mol. The summed E-state index contributed by atoms with van der Waals surface area (Å²) in [6.07, 6.45) is 0.830. The lowest BCUT2D eigenvalue weighted by molar-refractivity contribution is 0.389. The molecule has 4 nitrogen and oxygen atoms in total. The quantitative estimate of drug-likeness (QED) is 0.889. The summed E-state index contributed by atoms with van der Waals surface area (Å²) in [5.74, 6) is -0.871. The lowest BCUT2D eigenvalue weighted by atomic mass is 10.0. The van der Waals surface area contributed by atoms with Crippen LogP contribution >= 0.6 is 0 Å². The van der Waals surface area contributed by atoms with E-state index in [0.717, 1.165) is 6.42 Å². The maximum atomic E-state index is 14.0. The molecule has 0 amide bonds. The third-order valence-corrected chi connectivity index (χ3v) is 3.05. The maximum Gasteiger partial charge on any atom is 0.233 e. The summed E-state index contributed by atoms with van der Waals surface area (Å²) in [6, 6.07) is 6.37. The highest BCUT2D eigenvalue weighted by atomic mass is 19.1. The topological polar surface area (TPSA) is 47.0 Å². The number of rotatable bonds is 6. The van der Waals surface area contributed by atoms with Crippen LogP contribution in [0.2, 0.25) is 0 Å². The summed E-state index contributed by atoms with van der Waals surface area (Å²) < 4.78 is 33.0. The molecule has 0 aliphatic heterocycles. The molecule has 2 aromatic rings. The Hall–Kier alpha value is -2.08. The zero-order chi connectivity index (χ0) is 15.2. The molecule has 1 heterocycles. The fraction of sp³-hybridized carbons (Fsp3) is 0.333. The molecule has 0 spiro atoms. The molecule has 1 aromatic heterocycles. The van der Waals surface area contributed by atoms with Crippen LogP contribution in [-0.4, -0.2) is 23.9 Å². The van der Waals surface area contributed by atoms with E-state index >= 15 is 0 Å². The average molecular weight is 293 g/mol. The largest absolute Gasteiger partial charge is 0.480 e. The van der Waals surface area contributed by atoms with E-state index in [0.29, 0.717) is 18.1 Å². The van der Waals surface area contributed by atoms with Gasteiger partial charge in [-0.25, -0.2) is 8.78 Å². The molecule has 21 heavy (non-hydrogen) atoms. The van der Waals surface area contributed by atoms with Crippen molar-refractivity contribution in [3.63, 3.8) is 0 Å². The van der Waals surface area contributed by atoms with E-state index < -0.39 is 17.7 Å². The minimum atomic E-state index is -0.690. The first-order valence-electron chi connectivity index (χ1n) is 6.72. The van der Waals surface area contributed by atoms with Crippen LogP contribution in [0.25, 0.3) is 0 Å². The van der Waals surface area contributed by atoms with Gasteiger partial charge < -0.3 is 10.1 Å². The van der Waals surface area contributed by atoms with Gasteiger partial charge >= 0.3 is 0 Å². The van der Waals surface area contributed by atoms with Gasteiger partial charge in [0.25, 0.3) is 0 Å². The Balaban J connectivity index is 2.41. The number of nitrogens with zero attached hydrogens (tertiary/aromatic N) is 2. The first-order valence-corrected chi connectivity index (χ1v) is 6.72. The number of hydrogen-bond donors (Lipinski definition) is 1. The van der Waals surface area contributed by atoms with E-state index in [9.17, 15) is 8.78 Å². The zero-order valence-electron chi connectivity index (χ0n) is 11.9. The highest BCUT2D eigenvalue weighted by Crippen LogP contribution is 2.26. The van der Waals surface area contributed by atoms with E-state index in [1.165, 1.54) is 25.3 Å². The van der Waals surface area contributed by atoms with Crippen molar-refractivity contribution in [1.82, 2.24) is 15.5 Å². The number of methoxy groups -OCH3 is 1.